The first-order valence-electron chi connectivity index (χ1n) is 14.0. The van der Waals surface area contributed by atoms with Crippen molar-refractivity contribution in [1.29, 1.82) is 0 Å². The second-order valence-electron chi connectivity index (χ2n) is 10.6. The second-order valence-corrected chi connectivity index (χ2v) is 10.6. The number of hydrogen-bond acceptors (Lipinski definition) is 8. The van der Waals surface area contributed by atoms with Gasteiger partial charge in [0, 0.05) is 32.6 Å². The van der Waals surface area contributed by atoms with Crippen LogP contribution in [0.4, 0.5) is 0 Å². The van der Waals surface area contributed by atoms with Crippen LogP contribution < -0.4 is 15.6 Å². The summed E-state index contributed by atoms with van der Waals surface area (Å²) in [5.74, 6) is 0.169. The quantitative estimate of drug-likeness (QED) is 0.351. The number of carbonyl (C=O) groups excluding carboxylic acids is 2. The number of piperazine rings is 1. The number of rotatable bonds is 11. The van der Waals surface area contributed by atoms with Gasteiger partial charge in [-0.1, -0.05) is 25.3 Å². The van der Waals surface area contributed by atoms with Crippen molar-refractivity contribution in [2.24, 2.45) is 0 Å². The van der Waals surface area contributed by atoms with Gasteiger partial charge < -0.3 is 14.4 Å². The van der Waals surface area contributed by atoms with Crippen molar-refractivity contribution in [3.05, 3.63) is 34.4 Å². The van der Waals surface area contributed by atoms with Crippen LogP contribution in [0.5, 0.6) is 5.75 Å². The zero-order valence-corrected chi connectivity index (χ0v) is 22.3. The van der Waals surface area contributed by atoms with Gasteiger partial charge in [0.1, 0.15) is 23.0 Å². The predicted molar refractivity (Wildman–Crippen MR) is 143 cm³/mol. The fourth-order valence-corrected chi connectivity index (χ4v) is 5.68. The molecule has 38 heavy (non-hydrogen) atoms. The van der Waals surface area contributed by atoms with E-state index in [0.29, 0.717) is 35.1 Å². The third-order valence-corrected chi connectivity index (χ3v) is 8.01. The molecule has 2 aromatic rings. The van der Waals surface area contributed by atoms with Gasteiger partial charge in [-0.15, -0.1) is 0 Å². The van der Waals surface area contributed by atoms with Crippen molar-refractivity contribution in [3.8, 4) is 5.75 Å². The van der Waals surface area contributed by atoms with Crippen molar-refractivity contribution in [3.63, 3.8) is 0 Å². The molecule has 3 fully saturated rings. The van der Waals surface area contributed by atoms with E-state index in [-0.39, 0.29) is 24.3 Å². The van der Waals surface area contributed by atoms with Gasteiger partial charge in [0.25, 0.3) is 5.56 Å². The van der Waals surface area contributed by atoms with Gasteiger partial charge in [0.05, 0.1) is 31.4 Å². The van der Waals surface area contributed by atoms with Crippen LogP contribution in [0.25, 0.3) is 10.9 Å². The molecule has 4 heterocycles. The summed E-state index contributed by atoms with van der Waals surface area (Å²) < 4.78 is 12.8. The van der Waals surface area contributed by atoms with Crippen molar-refractivity contribution < 1.29 is 19.1 Å². The zero-order valence-electron chi connectivity index (χ0n) is 22.3. The molecule has 0 aliphatic carbocycles. The van der Waals surface area contributed by atoms with Gasteiger partial charge >= 0.3 is 0 Å². The van der Waals surface area contributed by atoms with Crippen molar-refractivity contribution in [1.82, 2.24) is 24.7 Å². The molecule has 10 heteroatoms. The number of hydrogen-bond donors (Lipinski definition) is 1. The van der Waals surface area contributed by atoms with Crippen molar-refractivity contribution in [2.75, 3.05) is 52.5 Å². The minimum Gasteiger partial charge on any atom is -0.493 e. The molecule has 0 bridgehead atoms. The van der Waals surface area contributed by atoms with E-state index in [1.165, 1.54) is 30.4 Å². The average molecular weight is 526 g/mol. The Balaban J connectivity index is 1.07. The first kappa shape index (κ1) is 26.8. The molecule has 0 spiro atoms. The zero-order chi connectivity index (χ0) is 26.5. The van der Waals surface area contributed by atoms with Gasteiger partial charge in [-0.2, -0.15) is 0 Å². The van der Waals surface area contributed by atoms with Crippen LogP contribution in [-0.4, -0.2) is 89.8 Å². The lowest BCUT2D eigenvalue weighted by Gasteiger charge is -2.42. The number of nitrogens with zero attached hydrogens (tertiary/aromatic N) is 4. The van der Waals surface area contributed by atoms with Crippen molar-refractivity contribution in [2.45, 2.75) is 64.0 Å². The molecular formula is C28H39N5O5. The molecule has 1 aromatic carbocycles. The molecule has 206 valence electrons. The molecular weight excluding hydrogens is 486 g/mol. The Morgan fingerprint density at radius 2 is 1.79 bits per heavy atom. The minimum atomic E-state index is -0.744. The maximum Gasteiger partial charge on any atom is 0.265 e. The number of carbonyl (C=O) groups is 2. The van der Waals surface area contributed by atoms with Crippen LogP contribution in [0.1, 0.15) is 56.8 Å². The molecule has 0 radical (unpaired) electrons. The fourth-order valence-electron chi connectivity index (χ4n) is 5.68. The summed E-state index contributed by atoms with van der Waals surface area (Å²) in [7, 11) is 0. The van der Waals surface area contributed by atoms with E-state index in [1.807, 2.05) is 6.07 Å². The van der Waals surface area contributed by atoms with Gasteiger partial charge in [-0.05, 0) is 44.9 Å². The van der Waals surface area contributed by atoms with Crippen LogP contribution in [0, 0.1) is 6.92 Å². The van der Waals surface area contributed by atoms with Crippen LogP contribution in [0.15, 0.2) is 23.0 Å². The Morgan fingerprint density at radius 3 is 2.53 bits per heavy atom. The maximum atomic E-state index is 13.5. The highest BCUT2D eigenvalue weighted by Crippen LogP contribution is 2.25. The lowest BCUT2D eigenvalue weighted by Crippen LogP contribution is -2.56. The lowest BCUT2D eigenvalue weighted by atomic mass is 10.1. The SMILES string of the molecule is Cc1nc2cccc(OCCCCCCCN3CCN(C4COC4)CC3)c2c(=O)n1C1CCC(=O)NC1=O. The summed E-state index contributed by atoms with van der Waals surface area (Å²) in [5, 5.41) is 2.71. The smallest absolute Gasteiger partial charge is 0.265 e. The first-order chi connectivity index (χ1) is 18.5. The monoisotopic (exact) mass is 525 g/mol. The average Bonchev–Trinajstić information content (AvgIpc) is 2.86. The Kier molecular flexibility index (Phi) is 8.71. The number of ether oxygens (including phenoxy) is 2. The summed E-state index contributed by atoms with van der Waals surface area (Å²) in [4.78, 5) is 47.2. The minimum absolute atomic E-state index is 0.200. The Labute approximate surface area is 223 Å². The molecule has 1 aromatic heterocycles. The predicted octanol–water partition coefficient (Wildman–Crippen LogP) is 2.03. The second kappa shape index (κ2) is 12.4. The van der Waals surface area contributed by atoms with E-state index < -0.39 is 11.9 Å². The summed E-state index contributed by atoms with van der Waals surface area (Å²) >= 11 is 0. The third kappa shape index (κ3) is 6.08. The molecule has 3 aliphatic rings. The number of amides is 2. The Bertz CT molecular complexity index is 1200. The van der Waals surface area contributed by atoms with Gasteiger partial charge in [-0.25, -0.2) is 4.98 Å². The summed E-state index contributed by atoms with van der Waals surface area (Å²) in [5.41, 5.74) is 0.245. The highest BCUT2D eigenvalue weighted by molar-refractivity contribution is 5.99. The summed E-state index contributed by atoms with van der Waals surface area (Å²) in [6.45, 7) is 9.86. The number of benzene rings is 1. The number of fused-ring (bicyclic) bond motifs is 1. The standard InChI is InChI=1S/C28H39N5O5/c1-20-29-22-8-7-9-24(26(22)28(36)33(20)23-10-11-25(34)30-27(23)35)38-17-6-4-2-3-5-12-31-13-15-32(16-14-31)21-18-37-19-21/h7-9,21,23H,2-6,10-19H2,1H3,(H,30,34,35). The topological polar surface area (TPSA) is 106 Å². The van der Waals surface area contributed by atoms with Crippen molar-refractivity contribution >= 4 is 22.7 Å². The number of piperidine rings is 1. The molecule has 1 atom stereocenters. The molecule has 2 amide bonds. The Hall–Kier alpha value is -2.82. The fraction of sp³-hybridized carbons (Fsp3) is 0.643. The van der Waals surface area contributed by atoms with Crippen LogP contribution in [-0.2, 0) is 14.3 Å². The largest absolute Gasteiger partial charge is 0.493 e. The number of nitrogens with one attached hydrogen (secondary N) is 1. The van der Waals surface area contributed by atoms with E-state index in [9.17, 15) is 14.4 Å². The van der Waals surface area contributed by atoms with Gasteiger partial charge in [0.15, 0.2) is 0 Å². The van der Waals surface area contributed by atoms with E-state index >= 15 is 0 Å². The number of imide groups is 1. The van der Waals surface area contributed by atoms with Crippen LogP contribution in [0.3, 0.4) is 0 Å². The van der Waals surface area contributed by atoms with Crippen LogP contribution >= 0.6 is 0 Å². The molecule has 0 saturated carbocycles. The molecule has 3 saturated heterocycles. The third-order valence-electron chi connectivity index (χ3n) is 8.01. The lowest BCUT2D eigenvalue weighted by molar-refractivity contribution is -0.135. The molecule has 5 rings (SSSR count). The summed E-state index contributed by atoms with van der Waals surface area (Å²) in [6.07, 6.45) is 6.09. The first-order valence-corrected chi connectivity index (χ1v) is 14.0. The van der Waals surface area contributed by atoms with Gasteiger partial charge in [0.2, 0.25) is 11.8 Å². The Morgan fingerprint density at radius 1 is 1.03 bits per heavy atom. The summed E-state index contributed by atoms with van der Waals surface area (Å²) in [6, 6.07) is 5.31. The highest BCUT2D eigenvalue weighted by Gasteiger charge is 2.31. The molecule has 1 unspecified atom stereocenters. The number of unbranched alkanes of at least 4 members (excludes halogenated alkanes) is 4. The number of aromatic nitrogens is 2. The highest BCUT2D eigenvalue weighted by atomic mass is 16.5. The van der Waals surface area contributed by atoms with Gasteiger partial charge in [-0.3, -0.25) is 29.2 Å². The van der Waals surface area contributed by atoms with E-state index in [0.717, 1.165) is 52.2 Å². The molecule has 3 aliphatic heterocycles. The van der Waals surface area contributed by atoms with E-state index in [4.69, 9.17) is 9.47 Å². The maximum absolute atomic E-state index is 13.5. The van der Waals surface area contributed by atoms with E-state index in [1.54, 1.807) is 19.1 Å². The molecule has 10 nitrogen and oxygen atoms in total. The normalized spacial score (nSPS) is 21.4. The van der Waals surface area contributed by atoms with E-state index in [2.05, 4.69) is 20.1 Å². The number of aryl methyl sites for hydroxylation is 1. The molecule has 1 N–H and O–H groups in total. The van der Waals surface area contributed by atoms with Crippen LogP contribution in [0.2, 0.25) is 0 Å².